The molecular formula is C11H17N5S. The van der Waals surface area contributed by atoms with Gasteiger partial charge >= 0.3 is 0 Å². The summed E-state index contributed by atoms with van der Waals surface area (Å²) in [5, 5.41) is 22.3. The summed E-state index contributed by atoms with van der Waals surface area (Å²) in [5.41, 5.74) is 0.686. The molecule has 0 bridgehead atoms. The molecule has 17 heavy (non-hydrogen) atoms. The number of amidine groups is 2. The smallest absolute Gasteiger partial charge is 0.153 e. The number of rotatable bonds is 2. The van der Waals surface area contributed by atoms with Crippen molar-refractivity contribution in [1.82, 2.24) is 15.2 Å². The van der Waals surface area contributed by atoms with E-state index in [4.69, 9.17) is 10.8 Å². The lowest BCUT2D eigenvalue weighted by molar-refractivity contribution is 0.463. The van der Waals surface area contributed by atoms with Crippen LogP contribution in [0.2, 0.25) is 0 Å². The van der Waals surface area contributed by atoms with Crippen molar-refractivity contribution in [3.63, 3.8) is 0 Å². The Morgan fingerprint density at radius 1 is 1.71 bits per heavy atom. The lowest BCUT2D eigenvalue weighted by atomic mass is 10.2. The first-order valence-corrected chi connectivity index (χ1v) is 6.64. The molecule has 1 aliphatic rings. The predicted octanol–water partition coefficient (Wildman–Crippen LogP) is 1.30. The molecule has 2 rings (SSSR count). The number of aromatic nitrogens is 1. The summed E-state index contributed by atoms with van der Waals surface area (Å²) in [4.78, 5) is 6.13. The van der Waals surface area contributed by atoms with Gasteiger partial charge in [0.15, 0.2) is 5.84 Å². The standard InChI is InChI=1S/C11H17N5S/c1-3-9-15-8(6-17-9)11(13)16-5-4-14-7(2)10(16)12/h6-7,12-14H,3-5H2,1-2H3. The van der Waals surface area contributed by atoms with Crippen LogP contribution in [0, 0.1) is 10.8 Å². The number of aryl methyl sites for hydroxylation is 1. The lowest BCUT2D eigenvalue weighted by Crippen LogP contribution is -2.55. The fourth-order valence-electron chi connectivity index (χ4n) is 1.80. The third-order valence-corrected chi connectivity index (χ3v) is 3.85. The maximum Gasteiger partial charge on any atom is 0.153 e. The Labute approximate surface area is 105 Å². The molecule has 1 aromatic rings. The molecule has 1 fully saturated rings. The van der Waals surface area contributed by atoms with Crippen LogP contribution in [0.5, 0.6) is 0 Å². The molecule has 6 heteroatoms. The van der Waals surface area contributed by atoms with Crippen LogP contribution < -0.4 is 5.32 Å². The van der Waals surface area contributed by atoms with Gasteiger partial charge < -0.3 is 10.2 Å². The van der Waals surface area contributed by atoms with E-state index in [9.17, 15) is 0 Å². The quantitative estimate of drug-likeness (QED) is 0.548. The third kappa shape index (κ3) is 2.37. The van der Waals surface area contributed by atoms with E-state index >= 15 is 0 Å². The summed E-state index contributed by atoms with van der Waals surface area (Å²) >= 11 is 1.58. The van der Waals surface area contributed by atoms with Gasteiger partial charge in [-0.15, -0.1) is 11.3 Å². The predicted molar refractivity (Wildman–Crippen MR) is 70.2 cm³/mol. The lowest BCUT2D eigenvalue weighted by Gasteiger charge is -2.33. The highest BCUT2D eigenvalue weighted by Gasteiger charge is 2.25. The van der Waals surface area contributed by atoms with E-state index in [1.165, 1.54) is 0 Å². The molecule has 1 aliphatic heterocycles. The number of nitrogens with one attached hydrogen (secondary N) is 3. The molecule has 0 radical (unpaired) electrons. The molecule has 1 unspecified atom stereocenters. The zero-order chi connectivity index (χ0) is 12.4. The Kier molecular flexibility index (Phi) is 3.54. The molecule has 92 valence electrons. The molecule has 1 saturated heterocycles. The zero-order valence-corrected chi connectivity index (χ0v) is 10.9. The molecule has 2 heterocycles. The van der Waals surface area contributed by atoms with Gasteiger partial charge in [-0.3, -0.25) is 10.8 Å². The minimum Gasteiger partial charge on any atom is -0.311 e. The SMILES string of the molecule is CCc1nc(C(=N)N2CCNC(C)C2=N)cs1. The van der Waals surface area contributed by atoms with Gasteiger partial charge in [0.05, 0.1) is 11.0 Å². The summed E-state index contributed by atoms with van der Waals surface area (Å²) in [6.07, 6.45) is 0.896. The minimum atomic E-state index is 0.00776. The zero-order valence-electron chi connectivity index (χ0n) is 10.1. The molecule has 0 spiro atoms. The van der Waals surface area contributed by atoms with Crippen molar-refractivity contribution in [2.75, 3.05) is 13.1 Å². The van der Waals surface area contributed by atoms with E-state index in [-0.39, 0.29) is 6.04 Å². The Morgan fingerprint density at radius 3 is 3.12 bits per heavy atom. The first-order chi connectivity index (χ1) is 8.13. The van der Waals surface area contributed by atoms with Gasteiger partial charge in [-0.1, -0.05) is 6.92 Å². The van der Waals surface area contributed by atoms with Crippen LogP contribution >= 0.6 is 11.3 Å². The second kappa shape index (κ2) is 4.93. The van der Waals surface area contributed by atoms with Crippen molar-refractivity contribution >= 4 is 23.0 Å². The normalized spacial score (nSPS) is 20.7. The van der Waals surface area contributed by atoms with Crippen molar-refractivity contribution in [3.8, 4) is 0 Å². The molecule has 0 amide bonds. The van der Waals surface area contributed by atoms with Gasteiger partial charge in [0.1, 0.15) is 11.5 Å². The summed E-state index contributed by atoms with van der Waals surface area (Å²) in [5.74, 6) is 0.798. The second-order valence-corrected chi connectivity index (χ2v) is 4.98. The van der Waals surface area contributed by atoms with Crippen LogP contribution in [-0.2, 0) is 6.42 Å². The monoisotopic (exact) mass is 251 g/mol. The highest BCUT2D eigenvalue weighted by molar-refractivity contribution is 7.09. The van der Waals surface area contributed by atoms with Gasteiger partial charge in [0.25, 0.3) is 0 Å². The fraction of sp³-hybridized carbons (Fsp3) is 0.545. The van der Waals surface area contributed by atoms with Crippen LogP contribution in [0.25, 0.3) is 0 Å². The van der Waals surface area contributed by atoms with E-state index in [0.717, 1.165) is 18.0 Å². The maximum absolute atomic E-state index is 8.13. The van der Waals surface area contributed by atoms with E-state index < -0.39 is 0 Å². The summed E-state index contributed by atoms with van der Waals surface area (Å²) in [6.45, 7) is 5.47. The maximum atomic E-state index is 8.13. The van der Waals surface area contributed by atoms with Gasteiger partial charge in [0.2, 0.25) is 0 Å². The van der Waals surface area contributed by atoms with Crippen molar-refractivity contribution in [2.45, 2.75) is 26.3 Å². The Morgan fingerprint density at radius 2 is 2.47 bits per heavy atom. The van der Waals surface area contributed by atoms with Crippen LogP contribution in [0.1, 0.15) is 24.5 Å². The van der Waals surface area contributed by atoms with Crippen LogP contribution in [0.3, 0.4) is 0 Å². The third-order valence-electron chi connectivity index (χ3n) is 2.85. The average molecular weight is 251 g/mol. The van der Waals surface area contributed by atoms with Gasteiger partial charge in [0, 0.05) is 18.5 Å². The van der Waals surface area contributed by atoms with Crippen molar-refractivity contribution in [3.05, 3.63) is 16.1 Å². The van der Waals surface area contributed by atoms with Crippen molar-refractivity contribution < 1.29 is 0 Å². The number of nitrogens with zero attached hydrogens (tertiary/aromatic N) is 2. The summed E-state index contributed by atoms with van der Waals surface area (Å²) < 4.78 is 0. The molecular weight excluding hydrogens is 234 g/mol. The fourth-order valence-corrected chi connectivity index (χ4v) is 2.53. The summed E-state index contributed by atoms with van der Waals surface area (Å²) in [6, 6.07) is 0.00776. The number of hydrogen-bond donors (Lipinski definition) is 3. The molecule has 1 atom stereocenters. The number of thiazole rings is 1. The Balaban J connectivity index is 2.16. The largest absolute Gasteiger partial charge is 0.311 e. The van der Waals surface area contributed by atoms with Crippen LogP contribution in [-0.4, -0.2) is 40.7 Å². The number of hydrogen-bond acceptors (Lipinski definition) is 5. The number of piperazine rings is 1. The minimum absolute atomic E-state index is 0.00776. The molecule has 5 nitrogen and oxygen atoms in total. The van der Waals surface area contributed by atoms with Crippen molar-refractivity contribution in [2.24, 2.45) is 0 Å². The van der Waals surface area contributed by atoms with E-state index in [1.54, 1.807) is 16.2 Å². The van der Waals surface area contributed by atoms with Gasteiger partial charge in [-0.25, -0.2) is 4.98 Å². The molecule has 0 saturated carbocycles. The topological polar surface area (TPSA) is 75.9 Å². The van der Waals surface area contributed by atoms with Crippen molar-refractivity contribution in [1.29, 1.82) is 10.8 Å². The Bertz CT molecular complexity index is 439. The van der Waals surface area contributed by atoms with E-state index in [1.807, 2.05) is 12.3 Å². The molecule has 1 aromatic heterocycles. The highest BCUT2D eigenvalue weighted by Crippen LogP contribution is 2.14. The molecule has 0 aromatic carbocycles. The average Bonchev–Trinajstić information content (AvgIpc) is 2.80. The van der Waals surface area contributed by atoms with E-state index in [2.05, 4.69) is 17.2 Å². The second-order valence-electron chi connectivity index (χ2n) is 4.04. The molecule has 3 N–H and O–H groups in total. The highest BCUT2D eigenvalue weighted by atomic mass is 32.1. The Hall–Kier alpha value is -1.27. The summed E-state index contributed by atoms with van der Waals surface area (Å²) in [7, 11) is 0. The first-order valence-electron chi connectivity index (χ1n) is 5.76. The molecule has 0 aliphatic carbocycles. The first kappa shape index (κ1) is 12.2. The van der Waals surface area contributed by atoms with Gasteiger partial charge in [-0.05, 0) is 13.3 Å². The van der Waals surface area contributed by atoms with Gasteiger partial charge in [-0.2, -0.15) is 0 Å². The van der Waals surface area contributed by atoms with Crippen LogP contribution in [0.15, 0.2) is 5.38 Å². The van der Waals surface area contributed by atoms with E-state index in [0.29, 0.717) is 23.9 Å². The van der Waals surface area contributed by atoms with Crippen LogP contribution in [0.4, 0.5) is 0 Å².